The van der Waals surface area contributed by atoms with Crippen molar-refractivity contribution in [1.82, 2.24) is 4.90 Å². The zero-order valence-corrected chi connectivity index (χ0v) is 13.9. The van der Waals surface area contributed by atoms with Crippen molar-refractivity contribution in [1.29, 1.82) is 0 Å². The van der Waals surface area contributed by atoms with Crippen LogP contribution in [0.4, 0.5) is 0 Å². The molecule has 0 unspecified atom stereocenters. The number of carbonyl (C=O) groups is 1. The van der Waals surface area contributed by atoms with E-state index in [1.165, 1.54) is 16.7 Å². The largest absolute Gasteiger partial charge is 0.343 e. The fraction of sp³-hybridized carbons (Fsp3) is 0.381. The molecule has 1 fully saturated rings. The van der Waals surface area contributed by atoms with Crippen LogP contribution in [0.5, 0.6) is 0 Å². The monoisotopic (exact) mass is 307 g/mol. The molecule has 1 aliphatic heterocycles. The Morgan fingerprint density at radius 3 is 2.48 bits per heavy atom. The smallest absolute Gasteiger partial charge is 0.222 e. The maximum absolute atomic E-state index is 12.4. The molecule has 0 bridgehead atoms. The third kappa shape index (κ3) is 4.22. The van der Waals surface area contributed by atoms with Crippen LogP contribution in [0.15, 0.2) is 54.6 Å². The summed E-state index contributed by atoms with van der Waals surface area (Å²) in [6.07, 6.45) is 3.64. The molecule has 23 heavy (non-hydrogen) atoms. The number of nitrogens with zero attached hydrogens (tertiary/aromatic N) is 1. The molecule has 2 heteroatoms. The van der Waals surface area contributed by atoms with Crippen LogP contribution in [0.3, 0.4) is 0 Å². The summed E-state index contributed by atoms with van der Waals surface area (Å²) in [5.41, 5.74) is 3.94. The minimum atomic E-state index is 0.304. The Labute approximate surface area is 139 Å². The molecule has 0 N–H and O–H groups in total. The standard InChI is InChI=1S/C21H25NO/c1-17-6-5-7-18(16-17)10-11-21(23)22-14-12-20(13-15-22)19-8-3-2-4-9-19/h2-9,16,20H,10-15H2,1H3. The van der Waals surface area contributed by atoms with Crippen LogP contribution in [-0.4, -0.2) is 23.9 Å². The summed E-state index contributed by atoms with van der Waals surface area (Å²) in [5, 5.41) is 0. The van der Waals surface area contributed by atoms with Crippen molar-refractivity contribution in [2.75, 3.05) is 13.1 Å². The Balaban J connectivity index is 1.48. The van der Waals surface area contributed by atoms with Crippen molar-refractivity contribution in [3.8, 4) is 0 Å². The van der Waals surface area contributed by atoms with Crippen LogP contribution in [0.25, 0.3) is 0 Å². The molecule has 0 atom stereocenters. The maximum atomic E-state index is 12.4. The Kier molecular flexibility index (Phi) is 5.12. The summed E-state index contributed by atoms with van der Waals surface area (Å²) in [4.78, 5) is 14.5. The number of benzene rings is 2. The predicted molar refractivity (Wildman–Crippen MR) is 94.5 cm³/mol. The van der Waals surface area contributed by atoms with Crippen molar-refractivity contribution < 1.29 is 4.79 Å². The van der Waals surface area contributed by atoms with Gasteiger partial charge in [0, 0.05) is 19.5 Å². The number of hydrogen-bond acceptors (Lipinski definition) is 1. The van der Waals surface area contributed by atoms with E-state index in [0.717, 1.165) is 32.4 Å². The third-order valence-electron chi connectivity index (χ3n) is 4.83. The first-order chi connectivity index (χ1) is 11.2. The summed E-state index contributed by atoms with van der Waals surface area (Å²) >= 11 is 0. The first-order valence-electron chi connectivity index (χ1n) is 8.60. The molecule has 1 saturated heterocycles. The number of amides is 1. The van der Waals surface area contributed by atoms with Crippen LogP contribution in [0, 0.1) is 6.92 Å². The van der Waals surface area contributed by atoms with Gasteiger partial charge in [0.2, 0.25) is 5.91 Å². The van der Waals surface area contributed by atoms with Crippen LogP contribution < -0.4 is 0 Å². The second kappa shape index (κ2) is 7.45. The molecule has 2 aromatic carbocycles. The summed E-state index contributed by atoms with van der Waals surface area (Å²) < 4.78 is 0. The first kappa shape index (κ1) is 15.8. The molecular formula is C21H25NO. The lowest BCUT2D eigenvalue weighted by molar-refractivity contribution is -0.132. The number of carbonyl (C=O) groups excluding carboxylic acids is 1. The second-order valence-electron chi connectivity index (χ2n) is 6.55. The van der Waals surface area contributed by atoms with E-state index in [1.807, 2.05) is 0 Å². The zero-order valence-electron chi connectivity index (χ0n) is 13.9. The number of likely N-dealkylation sites (tertiary alicyclic amines) is 1. The average Bonchev–Trinajstić information content (AvgIpc) is 2.61. The van der Waals surface area contributed by atoms with E-state index < -0.39 is 0 Å². The Morgan fingerprint density at radius 2 is 1.78 bits per heavy atom. The molecule has 0 aromatic heterocycles. The van der Waals surface area contributed by atoms with Gasteiger partial charge in [-0.1, -0.05) is 60.2 Å². The number of hydrogen-bond donors (Lipinski definition) is 0. The van der Waals surface area contributed by atoms with Gasteiger partial charge in [-0.2, -0.15) is 0 Å². The van der Waals surface area contributed by atoms with Gasteiger partial charge >= 0.3 is 0 Å². The fourth-order valence-corrected chi connectivity index (χ4v) is 3.46. The maximum Gasteiger partial charge on any atom is 0.222 e. The summed E-state index contributed by atoms with van der Waals surface area (Å²) in [6, 6.07) is 19.1. The molecule has 1 heterocycles. The van der Waals surface area contributed by atoms with Gasteiger partial charge < -0.3 is 4.90 Å². The van der Waals surface area contributed by atoms with Gasteiger partial charge in [-0.05, 0) is 43.2 Å². The number of aryl methyl sites for hydroxylation is 2. The van der Waals surface area contributed by atoms with Gasteiger partial charge in [0.15, 0.2) is 0 Å². The Hall–Kier alpha value is -2.09. The third-order valence-corrected chi connectivity index (χ3v) is 4.83. The van der Waals surface area contributed by atoms with E-state index in [9.17, 15) is 4.79 Å². The first-order valence-corrected chi connectivity index (χ1v) is 8.60. The van der Waals surface area contributed by atoms with Gasteiger partial charge in [-0.25, -0.2) is 0 Å². The summed E-state index contributed by atoms with van der Waals surface area (Å²) in [7, 11) is 0. The molecule has 2 aromatic rings. The van der Waals surface area contributed by atoms with Crippen LogP contribution in [0.2, 0.25) is 0 Å². The molecule has 1 aliphatic rings. The normalized spacial score (nSPS) is 15.6. The van der Waals surface area contributed by atoms with Gasteiger partial charge in [0.05, 0.1) is 0 Å². The lowest BCUT2D eigenvalue weighted by Crippen LogP contribution is -2.38. The van der Waals surface area contributed by atoms with E-state index in [4.69, 9.17) is 0 Å². The molecular weight excluding hydrogens is 282 g/mol. The highest BCUT2D eigenvalue weighted by atomic mass is 16.2. The van der Waals surface area contributed by atoms with Gasteiger partial charge in [-0.15, -0.1) is 0 Å². The van der Waals surface area contributed by atoms with Gasteiger partial charge in [0.25, 0.3) is 0 Å². The summed E-state index contributed by atoms with van der Waals surface area (Å²) in [6.45, 7) is 3.89. The SMILES string of the molecule is Cc1cccc(CCC(=O)N2CCC(c3ccccc3)CC2)c1. The molecule has 0 radical (unpaired) electrons. The van der Waals surface area contributed by atoms with E-state index in [2.05, 4.69) is 66.4 Å². The minimum absolute atomic E-state index is 0.304. The van der Waals surface area contributed by atoms with E-state index in [0.29, 0.717) is 18.2 Å². The zero-order chi connectivity index (χ0) is 16.1. The van der Waals surface area contributed by atoms with Crippen LogP contribution >= 0.6 is 0 Å². The van der Waals surface area contributed by atoms with Crippen LogP contribution in [-0.2, 0) is 11.2 Å². The van der Waals surface area contributed by atoms with Crippen molar-refractivity contribution in [3.05, 3.63) is 71.3 Å². The molecule has 0 saturated carbocycles. The number of piperidine rings is 1. The topological polar surface area (TPSA) is 20.3 Å². The Morgan fingerprint density at radius 1 is 1.04 bits per heavy atom. The Bertz CT molecular complexity index is 642. The number of rotatable bonds is 4. The highest BCUT2D eigenvalue weighted by Gasteiger charge is 2.23. The minimum Gasteiger partial charge on any atom is -0.343 e. The molecule has 3 rings (SSSR count). The molecule has 1 amide bonds. The van der Waals surface area contributed by atoms with Crippen molar-refractivity contribution in [2.24, 2.45) is 0 Å². The van der Waals surface area contributed by atoms with Crippen molar-refractivity contribution >= 4 is 5.91 Å². The van der Waals surface area contributed by atoms with E-state index in [1.54, 1.807) is 0 Å². The molecule has 0 spiro atoms. The van der Waals surface area contributed by atoms with Crippen LogP contribution in [0.1, 0.15) is 41.9 Å². The molecule has 0 aliphatic carbocycles. The molecule has 120 valence electrons. The highest BCUT2D eigenvalue weighted by Crippen LogP contribution is 2.28. The van der Waals surface area contributed by atoms with E-state index in [-0.39, 0.29) is 0 Å². The molecule has 2 nitrogen and oxygen atoms in total. The quantitative estimate of drug-likeness (QED) is 0.823. The van der Waals surface area contributed by atoms with Crippen molar-refractivity contribution in [3.63, 3.8) is 0 Å². The van der Waals surface area contributed by atoms with Gasteiger partial charge in [-0.3, -0.25) is 4.79 Å². The highest BCUT2D eigenvalue weighted by molar-refractivity contribution is 5.76. The lowest BCUT2D eigenvalue weighted by atomic mass is 9.89. The van der Waals surface area contributed by atoms with Gasteiger partial charge in [0.1, 0.15) is 0 Å². The van der Waals surface area contributed by atoms with Crippen molar-refractivity contribution in [2.45, 2.75) is 38.5 Å². The predicted octanol–water partition coefficient (Wildman–Crippen LogP) is 4.33. The average molecular weight is 307 g/mol. The summed E-state index contributed by atoms with van der Waals surface area (Å²) in [5.74, 6) is 0.912. The second-order valence-corrected chi connectivity index (χ2v) is 6.55. The lowest BCUT2D eigenvalue weighted by Gasteiger charge is -2.32. The fourth-order valence-electron chi connectivity index (χ4n) is 3.46. The van der Waals surface area contributed by atoms with E-state index >= 15 is 0 Å².